The lowest BCUT2D eigenvalue weighted by Gasteiger charge is -2.26. The zero-order valence-electron chi connectivity index (χ0n) is 12.3. The molecule has 2 rings (SSSR count). The van der Waals surface area contributed by atoms with Gasteiger partial charge in [-0.2, -0.15) is 0 Å². The number of rotatable bonds is 3. The molecule has 0 atom stereocenters. The van der Waals surface area contributed by atoms with Gasteiger partial charge in [0.25, 0.3) is 0 Å². The van der Waals surface area contributed by atoms with Gasteiger partial charge in [0.05, 0.1) is 19.9 Å². The Kier molecular flexibility index (Phi) is 4.20. The zero-order valence-corrected chi connectivity index (χ0v) is 12.3. The van der Waals surface area contributed by atoms with Gasteiger partial charge in [0.2, 0.25) is 0 Å². The smallest absolute Gasteiger partial charge is 0.145 e. The average Bonchev–Trinajstić information content (AvgIpc) is 2.59. The number of hydrogen-bond acceptors (Lipinski definition) is 4. The van der Waals surface area contributed by atoms with Gasteiger partial charge >= 0.3 is 0 Å². The summed E-state index contributed by atoms with van der Waals surface area (Å²) in [5.74, 6) is 1.70. The van der Waals surface area contributed by atoms with Gasteiger partial charge in [-0.25, -0.2) is 0 Å². The molecule has 1 aromatic carbocycles. The maximum absolute atomic E-state index is 5.49. The minimum Gasteiger partial charge on any atom is -0.497 e. The quantitative estimate of drug-likeness (QED) is 0.908. The molecule has 1 aromatic rings. The fraction of sp³-hybridized carbons (Fsp3) is 0.600. The van der Waals surface area contributed by atoms with Gasteiger partial charge in [-0.3, -0.25) is 0 Å². The van der Waals surface area contributed by atoms with E-state index in [2.05, 4.69) is 30.1 Å². The Bertz CT molecular complexity index is 432. The Morgan fingerprint density at radius 1 is 1.16 bits per heavy atom. The van der Waals surface area contributed by atoms with Crippen molar-refractivity contribution in [2.24, 2.45) is 0 Å². The van der Waals surface area contributed by atoms with Crippen LogP contribution in [0.4, 0.5) is 5.69 Å². The summed E-state index contributed by atoms with van der Waals surface area (Å²) >= 11 is 0. The van der Waals surface area contributed by atoms with Gasteiger partial charge < -0.3 is 19.7 Å². The summed E-state index contributed by atoms with van der Waals surface area (Å²) in [4.78, 5) is 2.38. The molecule has 19 heavy (non-hydrogen) atoms. The van der Waals surface area contributed by atoms with Crippen molar-refractivity contribution in [1.82, 2.24) is 5.32 Å². The fourth-order valence-corrected chi connectivity index (χ4v) is 2.43. The van der Waals surface area contributed by atoms with E-state index in [0.717, 1.165) is 43.2 Å². The number of nitrogens with zero attached hydrogens (tertiary/aromatic N) is 1. The van der Waals surface area contributed by atoms with Gasteiger partial charge in [-0.1, -0.05) is 0 Å². The van der Waals surface area contributed by atoms with E-state index in [4.69, 9.17) is 9.47 Å². The van der Waals surface area contributed by atoms with Crippen molar-refractivity contribution >= 4 is 5.69 Å². The number of anilines is 1. The first kappa shape index (κ1) is 14.0. The second-order valence-corrected chi connectivity index (χ2v) is 5.59. The van der Waals surface area contributed by atoms with E-state index in [1.54, 1.807) is 14.2 Å². The number of ether oxygens (including phenoxy) is 2. The molecule has 1 saturated heterocycles. The summed E-state index contributed by atoms with van der Waals surface area (Å²) in [7, 11) is 3.38. The highest BCUT2D eigenvalue weighted by atomic mass is 16.5. The molecule has 1 fully saturated rings. The first-order chi connectivity index (χ1) is 9.05. The Labute approximate surface area is 115 Å². The monoisotopic (exact) mass is 264 g/mol. The van der Waals surface area contributed by atoms with Crippen LogP contribution in [0.5, 0.6) is 11.5 Å². The van der Waals surface area contributed by atoms with E-state index in [0.29, 0.717) is 0 Å². The van der Waals surface area contributed by atoms with Crippen molar-refractivity contribution in [3.63, 3.8) is 0 Å². The first-order valence-electron chi connectivity index (χ1n) is 6.78. The van der Waals surface area contributed by atoms with Gasteiger partial charge in [-0.05, 0) is 32.4 Å². The molecule has 0 radical (unpaired) electrons. The molecule has 4 heteroatoms. The van der Waals surface area contributed by atoms with E-state index in [1.165, 1.54) is 0 Å². The van der Waals surface area contributed by atoms with Crippen LogP contribution < -0.4 is 19.7 Å². The molecule has 1 N–H and O–H groups in total. The topological polar surface area (TPSA) is 33.7 Å². The third-order valence-corrected chi connectivity index (χ3v) is 3.72. The number of benzene rings is 1. The van der Waals surface area contributed by atoms with Crippen LogP contribution in [0.3, 0.4) is 0 Å². The molecule has 4 nitrogen and oxygen atoms in total. The Balaban J connectivity index is 2.21. The van der Waals surface area contributed by atoms with E-state index in [-0.39, 0.29) is 5.54 Å². The van der Waals surface area contributed by atoms with Crippen LogP contribution in [0.1, 0.15) is 20.3 Å². The largest absolute Gasteiger partial charge is 0.497 e. The Morgan fingerprint density at radius 3 is 2.63 bits per heavy atom. The molecule has 0 amide bonds. The highest BCUT2D eigenvalue weighted by molar-refractivity contribution is 5.61. The summed E-state index contributed by atoms with van der Waals surface area (Å²) < 4.78 is 10.7. The van der Waals surface area contributed by atoms with Gasteiger partial charge in [0, 0.05) is 31.2 Å². The zero-order chi connectivity index (χ0) is 13.9. The second-order valence-electron chi connectivity index (χ2n) is 5.59. The normalized spacial score (nSPS) is 18.8. The van der Waals surface area contributed by atoms with Crippen LogP contribution in [0, 0.1) is 0 Å². The van der Waals surface area contributed by atoms with Crippen molar-refractivity contribution in [2.45, 2.75) is 25.8 Å². The summed E-state index contributed by atoms with van der Waals surface area (Å²) in [6.45, 7) is 7.51. The molecule has 0 aliphatic carbocycles. The highest BCUT2D eigenvalue weighted by Gasteiger charge is 2.23. The number of nitrogens with one attached hydrogen (secondary N) is 1. The molecule has 1 heterocycles. The summed E-state index contributed by atoms with van der Waals surface area (Å²) in [5.41, 5.74) is 1.34. The van der Waals surface area contributed by atoms with Gasteiger partial charge in [0.1, 0.15) is 11.5 Å². The third kappa shape index (κ3) is 3.32. The maximum atomic E-state index is 5.49. The van der Waals surface area contributed by atoms with Crippen LogP contribution >= 0.6 is 0 Å². The lowest BCUT2D eigenvalue weighted by atomic mass is 10.0. The van der Waals surface area contributed by atoms with Gasteiger partial charge in [-0.15, -0.1) is 0 Å². The molecule has 0 spiro atoms. The molecule has 106 valence electrons. The lowest BCUT2D eigenvalue weighted by Crippen LogP contribution is -2.39. The van der Waals surface area contributed by atoms with Crippen LogP contribution in [0.15, 0.2) is 18.2 Å². The lowest BCUT2D eigenvalue weighted by molar-refractivity contribution is 0.391. The van der Waals surface area contributed by atoms with Crippen molar-refractivity contribution in [3.05, 3.63) is 18.2 Å². The number of hydrogen-bond donors (Lipinski definition) is 1. The molecule has 1 aliphatic heterocycles. The standard InChI is InChI=1S/C15H24N2O2/c1-15(2)7-9-17(10-8-16-15)13-6-5-12(18-3)11-14(13)19-4/h5-6,11,16H,7-10H2,1-4H3. The average molecular weight is 264 g/mol. The number of methoxy groups -OCH3 is 2. The van der Waals surface area contributed by atoms with E-state index < -0.39 is 0 Å². The molecule has 0 saturated carbocycles. The van der Waals surface area contributed by atoms with Crippen molar-refractivity contribution in [3.8, 4) is 11.5 Å². The first-order valence-corrected chi connectivity index (χ1v) is 6.78. The predicted octanol–water partition coefficient (Wildman–Crippen LogP) is 2.28. The molecular weight excluding hydrogens is 240 g/mol. The van der Waals surface area contributed by atoms with Gasteiger partial charge in [0.15, 0.2) is 0 Å². The van der Waals surface area contributed by atoms with Crippen molar-refractivity contribution in [1.29, 1.82) is 0 Å². The minimum atomic E-state index is 0.203. The molecule has 0 bridgehead atoms. The van der Waals surface area contributed by atoms with E-state index in [9.17, 15) is 0 Å². The van der Waals surface area contributed by atoms with Crippen LogP contribution in [-0.4, -0.2) is 39.4 Å². The SMILES string of the molecule is COc1ccc(N2CCNC(C)(C)CC2)c(OC)c1. The molecular formula is C15H24N2O2. The third-order valence-electron chi connectivity index (χ3n) is 3.72. The second kappa shape index (κ2) is 5.70. The van der Waals surface area contributed by atoms with E-state index >= 15 is 0 Å². The summed E-state index contributed by atoms with van der Waals surface area (Å²) in [5, 5.41) is 3.57. The fourth-order valence-electron chi connectivity index (χ4n) is 2.43. The van der Waals surface area contributed by atoms with Crippen molar-refractivity contribution in [2.75, 3.05) is 38.8 Å². The summed E-state index contributed by atoms with van der Waals surface area (Å²) in [6, 6.07) is 6.01. The minimum absolute atomic E-state index is 0.203. The van der Waals surface area contributed by atoms with Crippen LogP contribution in [0.2, 0.25) is 0 Å². The molecule has 0 aromatic heterocycles. The molecule has 1 aliphatic rings. The summed E-state index contributed by atoms with van der Waals surface area (Å²) in [6.07, 6.45) is 1.11. The van der Waals surface area contributed by atoms with Crippen LogP contribution in [-0.2, 0) is 0 Å². The van der Waals surface area contributed by atoms with E-state index in [1.807, 2.05) is 12.1 Å². The van der Waals surface area contributed by atoms with Crippen LogP contribution in [0.25, 0.3) is 0 Å². The maximum Gasteiger partial charge on any atom is 0.145 e. The Hall–Kier alpha value is -1.42. The molecule has 0 unspecified atom stereocenters. The Morgan fingerprint density at radius 2 is 1.95 bits per heavy atom. The predicted molar refractivity (Wildman–Crippen MR) is 78.5 cm³/mol. The van der Waals surface area contributed by atoms with Crippen molar-refractivity contribution < 1.29 is 9.47 Å². The highest BCUT2D eigenvalue weighted by Crippen LogP contribution is 2.33.